The summed E-state index contributed by atoms with van der Waals surface area (Å²) in [5.74, 6) is 1.71. The molecule has 0 radical (unpaired) electrons. The summed E-state index contributed by atoms with van der Waals surface area (Å²) < 4.78 is 17.2. The van der Waals surface area contributed by atoms with Gasteiger partial charge >= 0.3 is 0 Å². The lowest BCUT2D eigenvalue weighted by molar-refractivity contribution is -0.113. The Morgan fingerprint density at radius 3 is 2.72 bits per heavy atom. The molecule has 0 N–H and O–H groups in total. The highest BCUT2D eigenvalue weighted by Crippen LogP contribution is 2.41. The van der Waals surface area contributed by atoms with Crippen LogP contribution in [0.2, 0.25) is 5.02 Å². The number of hydrogen-bond acceptors (Lipinski definition) is 6. The van der Waals surface area contributed by atoms with E-state index in [2.05, 4.69) is 0 Å². The number of carbonyl (C=O) groups excluding carboxylic acids is 1. The zero-order chi connectivity index (χ0) is 22.1. The van der Waals surface area contributed by atoms with Crippen LogP contribution in [0.3, 0.4) is 0 Å². The van der Waals surface area contributed by atoms with Crippen molar-refractivity contribution in [2.24, 2.45) is 0 Å². The van der Waals surface area contributed by atoms with E-state index in [0.717, 1.165) is 11.1 Å². The fraction of sp³-hybridized carbons (Fsp3) is 0.0833. The van der Waals surface area contributed by atoms with Gasteiger partial charge in [-0.3, -0.25) is 9.69 Å². The summed E-state index contributed by atoms with van der Waals surface area (Å²) in [6.07, 6.45) is 1.80. The summed E-state index contributed by atoms with van der Waals surface area (Å²) >= 11 is 13.0. The van der Waals surface area contributed by atoms with Gasteiger partial charge in [0.2, 0.25) is 6.79 Å². The monoisotopic (exact) mass is 481 g/mol. The first-order chi connectivity index (χ1) is 15.6. The van der Waals surface area contributed by atoms with Crippen molar-refractivity contribution in [2.45, 2.75) is 6.61 Å². The van der Waals surface area contributed by atoms with Gasteiger partial charge in [-0.05, 0) is 30.3 Å². The number of fused-ring (bicyclic) bond motifs is 1. The maximum atomic E-state index is 13.2. The van der Waals surface area contributed by atoms with Crippen molar-refractivity contribution in [3.8, 4) is 17.2 Å². The summed E-state index contributed by atoms with van der Waals surface area (Å²) in [5.41, 5.74) is 2.31. The molecule has 0 aromatic heterocycles. The number of anilines is 1. The molecule has 0 spiro atoms. The third-order valence-electron chi connectivity index (χ3n) is 4.95. The van der Waals surface area contributed by atoms with E-state index in [9.17, 15) is 4.79 Å². The third kappa shape index (κ3) is 4.07. The Morgan fingerprint density at radius 2 is 1.84 bits per heavy atom. The van der Waals surface area contributed by atoms with Crippen molar-refractivity contribution in [3.63, 3.8) is 0 Å². The van der Waals surface area contributed by atoms with Gasteiger partial charge in [0.25, 0.3) is 5.91 Å². The molecule has 0 aliphatic carbocycles. The van der Waals surface area contributed by atoms with Crippen LogP contribution in [0, 0.1) is 0 Å². The molecule has 3 aromatic rings. The maximum Gasteiger partial charge on any atom is 0.270 e. The van der Waals surface area contributed by atoms with Crippen molar-refractivity contribution >= 4 is 57.6 Å². The molecular formula is C24H16ClNO4S2. The lowest BCUT2D eigenvalue weighted by atomic mass is 10.1. The van der Waals surface area contributed by atoms with E-state index < -0.39 is 0 Å². The Balaban J connectivity index is 1.39. The normalized spacial score (nSPS) is 16.2. The van der Waals surface area contributed by atoms with Crippen molar-refractivity contribution in [2.75, 3.05) is 11.7 Å². The Hall–Kier alpha value is -3.00. The van der Waals surface area contributed by atoms with Crippen LogP contribution in [0.5, 0.6) is 17.2 Å². The first kappa shape index (κ1) is 20.9. The van der Waals surface area contributed by atoms with Gasteiger partial charge in [0.05, 0.1) is 10.6 Å². The highest BCUT2D eigenvalue weighted by molar-refractivity contribution is 8.27. The Kier molecular flexibility index (Phi) is 5.78. The molecule has 2 aliphatic heterocycles. The quantitative estimate of drug-likeness (QED) is 0.326. The number of nitrogens with zero attached hydrogens (tertiary/aromatic N) is 1. The SMILES string of the molecule is O=C1/C(=C\c2ccccc2OCc2ccccc2Cl)SC(=S)N1c1ccc2c(c1)OCO2. The fourth-order valence-electron chi connectivity index (χ4n) is 3.36. The number of hydrogen-bond donors (Lipinski definition) is 0. The van der Waals surface area contributed by atoms with Crippen LogP contribution in [0.1, 0.15) is 11.1 Å². The molecule has 1 saturated heterocycles. The van der Waals surface area contributed by atoms with Crippen molar-refractivity contribution in [1.29, 1.82) is 0 Å². The van der Waals surface area contributed by atoms with Crippen LogP contribution >= 0.6 is 35.6 Å². The van der Waals surface area contributed by atoms with E-state index in [1.54, 1.807) is 24.3 Å². The first-order valence-electron chi connectivity index (χ1n) is 9.73. The molecule has 1 fully saturated rings. The lowest BCUT2D eigenvalue weighted by Crippen LogP contribution is -2.27. The molecule has 5 nitrogen and oxygen atoms in total. The number of benzene rings is 3. The molecule has 0 unspecified atom stereocenters. The molecule has 5 rings (SSSR count). The second kappa shape index (κ2) is 8.86. The van der Waals surface area contributed by atoms with E-state index >= 15 is 0 Å². The average Bonchev–Trinajstić information content (AvgIpc) is 3.37. The van der Waals surface area contributed by atoms with Gasteiger partial charge in [0.15, 0.2) is 15.8 Å². The number of amides is 1. The standard InChI is InChI=1S/C24H16ClNO4S2/c25-18-7-3-1-6-16(18)13-28-19-8-4-2-5-15(19)11-22-23(27)26(24(31)32-22)17-9-10-20-21(12-17)30-14-29-20/h1-12H,13-14H2/b22-11+. The van der Waals surface area contributed by atoms with Gasteiger partial charge in [-0.1, -0.05) is 72.0 Å². The van der Waals surface area contributed by atoms with Crippen LogP contribution in [0.4, 0.5) is 5.69 Å². The minimum absolute atomic E-state index is 0.169. The zero-order valence-electron chi connectivity index (χ0n) is 16.6. The van der Waals surface area contributed by atoms with Crippen LogP contribution in [0.15, 0.2) is 71.6 Å². The summed E-state index contributed by atoms with van der Waals surface area (Å²) in [4.78, 5) is 15.2. The van der Waals surface area contributed by atoms with Gasteiger partial charge in [0.1, 0.15) is 12.4 Å². The maximum absolute atomic E-state index is 13.2. The second-order valence-electron chi connectivity index (χ2n) is 6.97. The molecule has 2 heterocycles. The topological polar surface area (TPSA) is 48.0 Å². The van der Waals surface area contributed by atoms with E-state index in [-0.39, 0.29) is 12.7 Å². The zero-order valence-corrected chi connectivity index (χ0v) is 19.0. The highest BCUT2D eigenvalue weighted by Gasteiger charge is 2.34. The van der Waals surface area contributed by atoms with Gasteiger partial charge in [0, 0.05) is 22.2 Å². The molecule has 0 saturated carbocycles. The smallest absolute Gasteiger partial charge is 0.270 e. The molecule has 0 bridgehead atoms. The van der Waals surface area contributed by atoms with Gasteiger partial charge in [-0.2, -0.15) is 0 Å². The van der Waals surface area contributed by atoms with Gasteiger partial charge in [-0.25, -0.2) is 0 Å². The predicted molar refractivity (Wildman–Crippen MR) is 130 cm³/mol. The highest BCUT2D eigenvalue weighted by atomic mass is 35.5. The van der Waals surface area contributed by atoms with E-state index in [1.807, 2.05) is 48.5 Å². The van der Waals surface area contributed by atoms with Gasteiger partial charge in [-0.15, -0.1) is 0 Å². The summed E-state index contributed by atoms with van der Waals surface area (Å²) in [6, 6.07) is 20.4. The Bertz CT molecular complexity index is 1260. The number of carbonyl (C=O) groups is 1. The number of halogens is 1. The first-order valence-corrected chi connectivity index (χ1v) is 11.3. The Labute approximate surface area is 199 Å². The van der Waals surface area contributed by atoms with Crippen LogP contribution in [0.25, 0.3) is 6.08 Å². The second-order valence-corrected chi connectivity index (χ2v) is 9.06. The average molecular weight is 482 g/mol. The van der Waals surface area contributed by atoms with E-state index in [1.165, 1.54) is 16.7 Å². The Morgan fingerprint density at radius 1 is 1.06 bits per heavy atom. The van der Waals surface area contributed by atoms with Crippen molar-refractivity contribution in [3.05, 3.63) is 87.8 Å². The third-order valence-corrected chi connectivity index (χ3v) is 6.63. The number of rotatable bonds is 5. The van der Waals surface area contributed by atoms with Crippen molar-refractivity contribution in [1.82, 2.24) is 0 Å². The van der Waals surface area contributed by atoms with Crippen LogP contribution in [-0.2, 0) is 11.4 Å². The predicted octanol–water partition coefficient (Wildman–Crippen LogP) is 6.05. The summed E-state index contributed by atoms with van der Waals surface area (Å²) in [5, 5.41) is 0.648. The van der Waals surface area contributed by atoms with Gasteiger partial charge < -0.3 is 14.2 Å². The number of ether oxygens (including phenoxy) is 3. The molecule has 3 aromatic carbocycles. The molecular weight excluding hydrogens is 466 g/mol. The largest absolute Gasteiger partial charge is 0.488 e. The fourth-order valence-corrected chi connectivity index (χ4v) is 4.84. The van der Waals surface area contributed by atoms with Crippen LogP contribution in [-0.4, -0.2) is 17.0 Å². The summed E-state index contributed by atoms with van der Waals surface area (Å²) in [7, 11) is 0. The molecule has 160 valence electrons. The molecule has 8 heteroatoms. The number of para-hydroxylation sites is 1. The van der Waals surface area contributed by atoms with E-state index in [4.69, 9.17) is 38.0 Å². The number of thiocarbonyl (C=S) groups is 1. The summed E-state index contributed by atoms with van der Waals surface area (Å²) in [6.45, 7) is 0.491. The molecule has 2 aliphatic rings. The van der Waals surface area contributed by atoms with Crippen molar-refractivity contribution < 1.29 is 19.0 Å². The van der Waals surface area contributed by atoms with Crippen LogP contribution < -0.4 is 19.1 Å². The molecule has 0 atom stereocenters. The molecule has 32 heavy (non-hydrogen) atoms. The minimum atomic E-state index is -0.195. The minimum Gasteiger partial charge on any atom is -0.488 e. The lowest BCUT2D eigenvalue weighted by Gasteiger charge is -2.15. The number of thioether (sulfide) groups is 1. The van der Waals surface area contributed by atoms with E-state index in [0.29, 0.717) is 43.8 Å². The molecule has 1 amide bonds.